The van der Waals surface area contributed by atoms with Crippen molar-refractivity contribution in [1.29, 1.82) is 0 Å². The normalized spacial score (nSPS) is 28.5. The van der Waals surface area contributed by atoms with E-state index in [2.05, 4.69) is 11.4 Å². The van der Waals surface area contributed by atoms with Crippen molar-refractivity contribution in [3.63, 3.8) is 0 Å². The summed E-state index contributed by atoms with van der Waals surface area (Å²) in [5.41, 5.74) is 1.10. The number of amides is 1. The van der Waals surface area contributed by atoms with Crippen LogP contribution in [0.4, 0.5) is 0 Å². The molecule has 12 heavy (non-hydrogen) atoms. The first-order chi connectivity index (χ1) is 5.86. The lowest BCUT2D eigenvalue weighted by Crippen LogP contribution is -2.26. The summed E-state index contributed by atoms with van der Waals surface area (Å²) in [6.07, 6.45) is 7.26. The molecule has 2 aliphatic rings. The lowest BCUT2D eigenvalue weighted by molar-refractivity contribution is -0.117. The lowest BCUT2D eigenvalue weighted by Gasteiger charge is -2.17. The van der Waals surface area contributed by atoms with Crippen LogP contribution in [-0.4, -0.2) is 17.4 Å². The molecular formula is C9H11NOS. The van der Waals surface area contributed by atoms with E-state index in [9.17, 15) is 4.79 Å². The zero-order chi connectivity index (χ0) is 8.39. The molecule has 1 fully saturated rings. The highest BCUT2D eigenvalue weighted by Gasteiger charge is 2.20. The zero-order valence-corrected chi connectivity index (χ0v) is 7.56. The number of nitrogens with one attached hydrogen (secondary N) is 1. The third-order valence-corrected chi connectivity index (χ3v) is 3.21. The van der Waals surface area contributed by atoms with Gasteiger partial charge in [-0.1, -0.05) is 12.2 Å². The van der Waals surface area contributed by atoms with E-state index in [4.69, 9.17) is 0 Å². The van der Waals surface area contributed by atoms with Crippen molar-refractivity contribution in [2.45, 2.75) is 6.42 Å². The van der Waals surface area contributed by atoms with Gasteiger partial charge in [-0.05, 0) is 12.5 Å². The summed E-state index contributed by atoms with van der Waals surface area (Å²) in [5, 5.41) is 2.93. The summed E-state index contributed by atoms with van der Waals surface area (Å²) in [6.45, 7) is 0. The second-order valence-corrected chi connectivity index (χ2v) is 4.08. The van der Waals surface area contributed by atoms with Gasteiger partial charge in [0.15, 0.2) is 0 Å². The number of hydrogen-bond donors (Lipinski definition) is 1. The van der Waals surface area contributed by atoms with Crippen LogP contribution in [0.5, 0.6) is 0 Å². The highest BCUT2D eigenvalue weighted by Crippen LogP contribution is 2.25. The van der Waals surface area contributed by atoms with Crippen molar-refractivity contribution in [3.05, 3.63) is 23.9 Å². The van der Waals surface area contributed by atoms with Crippen molar-refractivity contribution >= 4 is 17.7 Å². The highest BCUT2D eigenvalue weighted by molar-refractivity contribution is 7.99. The van der Waals surface area contributed by atoms with E-state index in [1.165, 1.54) is 0 Å². The maximum Gasteiger partial charge on any atom is 0.234 e. The van der Waals surface area contributed by atoms with Gasteiger partial charge in [-0.3, -0.25) is 4.79 Å². The third-order valence-electron chi connectivity index (χ3n) is 2.11. The molecule has 64 valence electrons. The number of allylic oxidation sites excluding steroid dienone is 4. The summed E-state index contributed by atoms with van der Waals surface area (Å²) >= 11 is 1.72. The number of rotatable bonds is 0. The standard InChI is InChI=1S/C9H11NOS/c11-9-6-12-5-7-3-1-2-4-8(7)10-9/h1-2,4,7H,3,5-6H2,(H,10,11). The van der Waals surface area contributed by atoms with E-state index in [1.807, 2.05) is 12.2 Å². The average molecular weight is 181 g/mol. The highest BCUT2D eigenvalue weighted by atomic mass is 32.2. The quantitative estimate of drug-likeness (QED) is 0.610. The van der Waals surface area contributed by atoms with Crippen LogP contribution >= 0.6 is 11.8 Å². The Kier molecular flexibility index (Phi) is 2.21. The van der Waals surface area contributed by atoms with Crippen molar-refractivity contribution < 1.29 is 4.79 Å². The molecule has 1 saturated heterocycles. The number of hydrogen-bond acceptors (Lipinski definition) is 2. The van der Waals surface area contributed by atoms with Crippen molar-refractivity contribution in [1.82, 2.24) is 5.32 Å². The predicted octanol–water partition coefficient (Wildman–Crippen LogP) is 1.31. The van der Waals surface area contributed by atoms with E-state index < -0.39 is 0 Å². The summed E-state index contributed by atoms with van der Waals surface area (Å²) < 4.78 is 0. The Morgan fingerprint density at radius 3 is 3.42 bits per heavy atom. The van der Waals surface area contributed by atoms with Crippen LogP contribution in [-0.2, 0) is 4.79 Å². The van der Waals surface area contributed by atoms with Crippen LogP contribution in [0.2, 0.25) is 0 Å². The second-order valence-electron chi connectivity index (χ2n) is 3.05. The molecule has 0 saturated carbocycles. The van der Waals surface area contributed by atoms with Gasteiger partial charge in [0.2, 0.25) is 5.91 Å². The largest absolute Gasteiger partial charge is 0.329 e. The van der Waals surface area contributed by atoms with Crippen LogP contribution < -0.4 is 5.32 Å². The predicted molar refractivity (Wildman–Crippen MR) is 50.8 cm³/mol. The van der Waals surface area contributed by atoms with Crippen LogP contribution in [0, 0.1) is 5.92 Å². The summed E-state index contributed by atoms with van der Waals surface area (Å²) in [5.74, 6) is 2.35. The first-order valence-corrected chi connectivity index (χ1v) is 5.26. The molecule has 1 amide bonds. The van der Waals surface area contributed by atoms with Gasteiger partial charge in [-0.25, -0.2) is 0 Å². The van der Waals surface area contributed by atoms with Crippen molar-refractivity contribution in [3.8, 4) is 0 Å². The average Bonchev–Trinajstić information content (AvgIpc) is 2.25. The van der Waals surface area contributed by atoms with Gasteiger partial charge >= 0.3 is 0 Å². The molecule has 0 aromatic rings. The van der Waals surface area contributed by atoms with Crippen molar-refractivity contribution in [2.24, 2.45) is 5.92 Å². The Morgan fingerprint density at radius 1 is 1.58 bits per heavy atom. The van der Waals surface area contributed by atoms with E-state index in [-0.39, 0.29) is 5.91 Å². The third kappa shape index (κ3) is 1.55. The van der Waals surface area contributed by atoms with E-state index >= 15 is 0 Å². The SMILES string of the molecule is O=C1CSCC2CC=CC=C2N1. The number of fused-ring (bicyclic) bond motifs is 1. The van der Waals surface area contributed by atoms with Crippen LogP contribution in [0.15, 0.2) is 23.9 Å². The van der Waals surface area contributed by atoms with Gasteiger partial charge in [0.1, 0.15) is 0 Å². The molecule has 2 rings (SSSR count). The first kappa shape index (κ1) is 7.92. The second kappa shape index (κ2) is 3.35. The van der Waals surface area contributed by atoms with Crippen LogP contribution in [0.3, 0.4) is 0 Å². The van der Waals surface area contributed by atoms with Gasteiger partial charge in [0.05, 0.1) is 5.75 Å². The molecule has 1 unspecified atom stereocenters. The molecule has 1 atom stereocenters. The molecule has 1 aliphatic carbocycles. The Balaban J connectivity index is 2.18. The minimum absolute atomic E-state index is 0.143. The molecule has 1 aliphatic heterocycles. The number of thioether (sulfide) groups is 1. The molecule has 0 bridgehead atoms. The fourth-order valence-corrected chi connectivity index (χ4v) is 2.45. The molecule has 1 N–H and O–H groups in total. The Hall–Kier alpha value is -0.700. The molecule has 0 spiro atoms. The smallest absolute Gasteiger partial charge is 0.234 e. The molecule has 2 nitrogen and oxygen atoms in total. The fraction of sp³-hybridized carbons (Fsp3) is 0.444. The fourth-order valence-electron chi connectivity index (χ4n) is 1.47. The molecule has 0 aromatic heterocycles. The molecule has 0 aromatic carbocycles. The maximum atomic E-state index is 11.1. The van der Waals surface area contributed by atoms with Crippen LogP contribution in [0.1, 0.15) is 6.42 Å². The Morgan fingerprint density at radius 2 is 2.50 bits per heavy atom. The molecular weight excluding hydrogens is 170 g/mol. The summed E-state index contributed by atoms with van der Waals surface area (Å²) in [7, 11) is 0. The van der Waals surface area contributed by atoms with E-state index in [0.29, 0.717) is 11.7 Å². The number of carbonyl (C=O) groups is 1. The van der Waals surface area contributed by atoms with Gasteiger partial charge < -0.3 is 5.32 Å². The summed E-state index contributed by atoms with van der Waals surface area (Å²) in [6, 6.07) is 0. The molecule has 3 heteroatoms. The Bertz CT molecular complexity index is 257. The zero-order valence-electron chi connectivity index (χ0n) is 6.75. The first-order valence-electron chi connectivity index (χ1n) is 4.10. The summed E-state index contributed by atoms with van der Waals surface area (Å²) in [4.78, 5) is 11.1. The van der Waals surface area contributed by atoms with Crippen molar-refractivity contribution in [2.75, 3.05) is 11.5 Å². The van der Waals surface area contributed by atoms with Gasteiger partial charge in [0, 0.05) is 17.4 Å². The van der Waals surface area contributed by atoms with Gasteiger partial charge in [0.25, 0.3) is 0 Å². The van der Waals surface area contributed by atoms with Gasteiger partial charge in [-0.2, -0.15) is 11.8 Å². The minimum Gasteiger partial charge on any atom is -0.329 e. The van der Waals surface area contributed by atoms with Crippen LogP contribution in [0.25, 0.3) is 0 Å². The lowest BCUT2D eigenvalue weighted by atomic mass is 9.99. The minimum atomic E-state index is 0.143. The molecule has 1 heterocycles. The topological polar surface area (TPSA) is 29.1 Å². The molecule has 0 radical (unpaired) electrons. The Labute approximate surface area is 76.1 Å². The maximum absolute atomic E-state index is 11.1. The van der Waals surface area contributed by atoms with E-state index in [0.717, 1.165) is 17.9 Å². The van der Waals surface area contributed by atoms with Gasteiger partial charge in [-0.15, -0.1) is 0 Å². The number of carbonyl (C=O) groups excluding carboxylic acids is 1. The monoisotopic (exact) mass is 181 g/mol. The van der Waals surface area contributed by atoms with E-state index in [1.54, 1.807) is 11.8 Å².